The van der Waals surface area contributed by atoms with Crippen LogP contribution in [-0.2, 0) is 6.54 Å². The Morgan fingerprint density at radius 2 is 2.35 bits per heavy atom. The van der Waals surface area contributed by atoms with Gasteiger partial charge in [0.15, 0.2) is 11.6 Å². The summed E-state index contributed by atoms with van der Waals surface area (Å²) in [6, 6.07) is 1.99. The van der Waals surface area contributed by atoms with E-state index < -0.39 is 0 Å². The molecule has 0 saturated carbocycles. The summed E-state index contributed by atoms with van der Waals surface area (Å²) in [5.74, 6) is 0.690. The second-order valence-electron chi connectivity index (χ2n) is 6.27. The van der Waals surface area contributed by atoms with Crippen molar-refractivity contribution in [2.75, 3.05) is 53.5 Å². The molecule has 1 fully saturated rings. The first-order chi connectivity index (χ1) is 11.1. The topological polar surface area (TPSA) is 37.0 Å². The third kappa shape index (κ3) is 3.79. The van der Waals surface area contributed by atoms with Crippen LogP contribution in [0.4, 0.5) is 4.39 Å². The van der Waals surface area contributed by atoms with E-state index in [1.807, 2.05) is 14.1 Å². The van der Waals surface area contributed by atoms with Crippen LogP contribution in [-0.4, -0.2) is 69.3 Å². The van der Waals surface area contributed by atoms with E-state index in [-0.39, 0.29) is 11.9 Å². The number of halogens is 2. The normalized spacial score (nSPS) is 21.3. The van der Waals surface area contributed by atoms with E-state index in [0.29, 0.717) is 35.7 Å². The Bertz CT molecular complexity index is 571. The van der Waals surface area contributed by atoms with E-state index in [1.165, 1.54) is 0 Å². The van der Waals surface area contributed by atoms with Crippen LogP contribution in [0.25, 0.3) is 0 Å². The van der Waals surface area contributed by atoms with Crippen molar-refractivity contribution in [1.82, 2.24) is 15.1 Å². The number of nitrogens with zero attached hydrogens (tertiary/aromatic N) is 2. The van der Waals surface area contributed by atoms with Crippen molar-refractivity contribution in [3.63, 3.8) is 0 Å². The average molecular weight is 388 g/mol. The lowest BCUT2D eigenvalue weighted by Crippen LogP contribution is -2.52. The van der Waals surface area contributed by atoms with Gasteiger partial charge in [-0.25, -0.2) is 4.39 Å². The van der Waals surface area contributed by atoms with Crippen LogP contribution in [0.3, 0.4) is 0 Å². The Hall–Kier alpha value is -0.890. The summed E-state index contributed by atoms with van der Waals surface area (Å²) in [4.78, 5) is 4.40. The van der Waals surface area contributed by atoms with Crippen molar-refractivity contribution >= 4 is 15.9 Å². The molecule has 2 aliphatic heterocycles. The summed E-state index contributed by atoms with van der Waals surface area (Å²) in [6.45, 7) is 5.26. The first kappa shape index (κ1) is 17.0. The zero-order valence-corrected chi connectivity index (χ0v) is 15.2. The molecule has 1 N–H and O–H groups in total. The fraction of sp³-hybridized carbons (Fsp3) is 0.625. The van der Waals surface area contributed by atoms with Gasteiger partial charge in [0.25, 0.3) is 0 Å². The van der Waals surface area contributed by atoms with Crippen molar-refractivity contribution < 1.29 is 13.9 Å². The maximum absolute atomic E-state index is 14.5. The molecule has 2 aliphatic rings. The number of hydrogen-bond acceptors (Lipinski definition) is 5. The van der Waals surface area contributed by atoms with Gasteiger partial charge in [-0.15, -0.1) is 0 Å². The minimum atomic E-state index is -0.340. The van der Waals surface area contributed by atoms with E-state index in [1.54, 1.807) is 6.07 Å². The summed E-state index contributed by atoms with van der Waals surface area (Å²) in [5, 5.41) is 3.36. The Balaban J connectivity index is 1.88. The smallest absolute Gasteiger partial charge is 0.179 e. The van der Waals surface area contributed by atoms with Gasteiger partial charge in [0, 0.05) is 32.7 Å². The molecule has 1 unspecified atom stereocenters. The number of ether oxygens (including phenoxy) is 2. The van der Waals surface area contributed by atoms with Crippen molar-refractivity contribution in [2.24, 2.45) is 0 Å². The van der Waals surface area contributed by atoms with Gasteiger partial charge in [-0.3, -0.25) is 4.90 Å². The first-order valence-corrected chi connectivity index (χ1v) is 8.71. The molecule has 2 heterocycles. The van der Waals surface area contributed by atoms with Gasteiger partial charge in [0.05, 0.1) is 16.1 Å². The summed E-state index contributed by atoms with van der Waals surface area (Å²) in [5.41, 5.74) is 0.814. The summed E-state index contributed by atoms with van der Waals surface area (Å²) in [7, 11) is 4.00. The molecule has 0 bridgehead atoms. The molecule has 0 spiro atoms. The molecule has 5 nitrogen and oxygen atoms in total. The summed E-state index contributed by atoms with van der Waals surface area (Å²) < 4.78 is 26.6. The van der Waals surface area contributed by atoms with E-state index in [4.69, 9.17) is 9.47 Å². The first-order valence-electron chi connectivity index (χ1n) is 7.92. The molecule has 1 aromatic rings. The van der Waals surface area contributed by atoms with Gasteiger partial charge in [0.1, 0.15) is 19.0 Å². The molecule has 0 amide bonds. The molecule has 7 heteroatoms. The molecule has 23 heavy (non-hydrogen) atoms. The zero-order chi connectivity index (χ0) is 16.4. The van der Waals surface area contributed by atoms with Gasteiger partial charge >= 0.3 is 0 Å². The lowest BCUT2D eigenvalue weighted by atomic mass is 10.1. The third-order valence-electron chi connectivity index (χ3n) is 4.29. The fourth-order valence-corrected chi connectivity index (χ4v) is 3.33. The van der Waals surface area contributed by atoms with Crippen LogP contribution in [0.2, 0.25) is 0 Å². The number of benzene rings is 1. The number of piperazine rings is 1. The highest BCUT2D eigenvalue weighted by molar-refractivity contribution is 9.10. The third-order valence-corrected chi connectivity index (χ3v) is 4.86. The maximum Gasteiger partial charge on any atom is 0.179 e. The SMILES string of the molecule is CN(C)CCOc1cc(Br)c(F)c2c1CN1CCNCC1CO2. The Morgan fingerprint density at radius 1 is 1.52 bits per heavy atom. The van der Waals surface area contributed by atoms with Gasteiger partial charge in [0.2, 0.25) is 0 Å². The van der Waals surface area contributed by atoms with Gasteiger partial charge in [-0.2, -0.15) is 0 Å². The van der Waals surface area contributed by atoms with E-state index in [2.05, 4.69) is 31.0 Å². The number of rotatable bonds is 4. The molecular formula is C16H23BrFN3O2. The molecule has 1 saturated heterocycles. The molecule has 0 aliphatic carbocycles. The summed E-state index contributed by atoms with van der Waals surface area (Å²) >= 11 is 3.28. The standard InChI is InChI=1S/C16H23BrFN3O2/c1-20(2)5-6-22-14-7-13(17)15(18)16-12(14)9-21-4-3-19-8-11(21)10-23-16/h7,11,19H,3-6,8-10H2,1-2H3. The van der Waals surface area contributed by atoms with Crippen molar-refractivity contribution in [2.45, 2.75) is 12.6 Å². The Morgan fingerprint density at radius 3 is 3.13 bits per heavy atom. The quantitative estimate of drug-likeness (QED) is 0.850. The second kappa shape index (κ2) is 7.34. The van der Waals surface area contributed by atoms with Gasteiger partial charge in [-0.05, 0) is 36.1 Å². The van der Waals surface area contributed by atoms with E-state index >= 15 is 0 Å². The molecule has 3 rings (SSSR count). The van der Waals surface area contributed by atoms with Crippen LogP contribution in [0, 0.1) is 5.82 Å². The van der Waals surface area contributed by atoms with E-state index in [9.17, 15) is 4.39 Å². The van der Waals surface area contributed by atoms with Crippen molar-refractivity contribution in [1.29, 1.82) is 0 Å². The maximum atomic E-state index is 14.5. The van der Waals surface area contributed by atoms with E-state index in [0.717, 1.165) is 31.7 Å². The van der Waals surface area contributed by atoms with Crippen LogP contribution in [0.1, 0.15) is 5.56 Å². The van der Waals surface area contributed by atoms with Crippen LogP contribution < -0.4 is 14.8 Å². The zero-order valence-electron chi connectivity index (χ0n) is 13.6. The fourth-order valence-electron chi connectivity index (χ4n) is 2.94. The molecule has 1 atom stereocenters. The molecule has 128 valence electrons. The van der Waals surface area contributed by atoms with Gasteiger partial charge in [-0.1, -0.05) is 0 Å². The second-order valence-corrected chi connectivity index (χ2v) is 7.12. The lowest BCUT2D eigenvalue weighted by molar-refractivity contribution is 0.118. The average Bonchev–Trinajstić information content (AvgIpc) is 2.71. The number of likely N-dealkylation sites (N-methyl/N-ethyl adjacent to an activating group) is 1. The summed E-state index contributed by atoms with van der Waals surface area (Å²) in [6.07, 6.45) is 0. The Labute approximate surface area is 144 Å². The van der Waals surface area contributed by atoms with Gasteiger partial charge < -0.3 is 19.7 Å². The molecule has 0 aromatic heterocycles. The number of nitrogens with one attached hydrogen (secondary N) is 1. The lowest BCUT2D eigenvalue weighted by Gasteiger charge is -2.33. The molecule has 1 aromatic carbocycles. The largest absolute Gasteiger partial charge is 0.492 e. The predicted octanol–water partition coefficient (Wildman–Crippen LogP) is 1.69. The van der Waals surface area contributed by atoms with Crippen molar-refractivity contribution in [3.05, 3.63) is 21.9 Å². The molecule has 0 radical (unpaired) electrons. The highest BCUT2D eigenvalue weighted by Crippen LogP contribution is 2.39. The number of fused-ring (bicyclic) bond motifs is 2. The van der Waals surface area contributed by atoms with Crippen LogP contribution in [0.5, 0.6) is 11.5 Å². The minimum absolute atomic E-state index is 0.268. The molecular weight excluding hydrogens is 365 g/mol. The van der Waals surface area contributed by atoms with Crippen LogP contribution in [0.15, 0.2) is 10.5 Å². The highest BCUT2D eigenvalue weighted by Gasteiger charge is 2.31. The minimum Gasteiger partial charge on any atom is -0.492 e. The Kier molecular flexibility index (Phi) is 5.41. The monoisotopic (exact) mass is 387 g/mol. The number of hydrogen-bond donors (Lipinski definition) is 1. The highest BCUT2D eigenvalue weighted by atomic mass is 79.9. The predicted molar refractivity (Wildman–Crippen MR) is 90.7 cm³/mol. The van der Waals surface area contributed by atoms with Crippen LogP contribution >= 0.6 is 15.9 Å². The van der Waals surface area contributed by atoms with Crippen molar-refractivity contribution in [3.8, 4) is 11.5 Å².